The molecular formula is C24H37N3O6S. The number of aromatic nitrogens is 2. The average Bonchev–Trinajstić information content (AvgIpc) is 3.09. The summed E-state index contributed by atoms with van der Waals surface area (Å²) in [5.41, 5.74) is 2.08. The summed E-state index contributed by atoms with van der Waals surface area (Å²) in [6.45, 7) is 7.60. The first-order valence-electron chi connectivity index (χ1n) is 11.7. The lowest BCUT2D eigenvalue weighted by molar-refractivity contribution is -0.195. The molecule has 190 valence electrons. The Morgan fingerprint density at radius 3 is 2.59 bits per heavy atom. The summed E-state index contributed by atoms with van der Waals surface area (Å²) >= 11 is 0. The number of nitrogens with one attached hydrogen (secondary N) is 1. The minimum Gasteiger partial charge on any atom is -0.434 e. The lowest BCUT2D eigenvalue weighted by Crippen LogP contribution is -2.29. The maximum atomic E-state index is 12.5. The van der Waals surface area contributed by atoms with Gasteiger partial charge in [-0.05, 0) is 49.8 Å². The molecular weight excluding hydrogens is 458 g/mol. The van der Waals surface area contributed by atoms with Crippen LogP contribution in [0.3, 0.4) is 0 Å². The van der Waals surface area contributed by atoms with Crippen molar-refractivity contribution in [3.8, 4) is 0 Å². The summed E-state index contributed by atoms with van der Waals surface area (Å²) in [6, 6.07) is 3.51. The van der Waals surface area contributed by atoms with E-state index in [1.54, 1.807) is 12.1 Å². The first-order valence-corrected chi connectivity index (χ1v) is 13.7. The fourth-order valence-corrected chi connectivity index (χ4v) is 4.40. The molecule has 0 saturated carbocycles. The van der Waals surface area contributed by atoms with E-state index in [4.69, 9.17) is 4.74 Å². The number of ether oxygens (including phenoxy) is 1. The molecule has 1 amide bonds. The van der Waals surface area contributed by atoms with Gasteiger partial charge in [-0.15, -0.1) is 0 Å². The zero-order valence-corrected chi connectivity index (χ0v) is 21.6. The van der Waals surface area contributed by atoms with Crippen molar-refractivity contribution in [2.75, 3.05) is 18.6 Å². The van der Waals surface area contributed by atoms with Crippen molar-refractivity contribution >= 4 is 32.6 Å². The number of amides is 1. The highest BCUT2D eigenvalue weighted by molar-refractivity contribution is 7.90. The van der Waals surface area contributed by atoms with Crippen LogP contribution in [-0.4, -0.2) is 59.5 Å². The number of hydrogen-bond acceptors (Lipinski definition) is 7. The Kier molecular flexibility index (Phi) is 9.64. The smallest absolute Gasteiger partial charge is 0.308 e. The van der Waals surface area contributed by atoms with E-state index in [1.165, 1.54) is 13.8 Å². The Morgan fingerprint density at radius 1 is 1.26 bits per heavy atom. The van der Waals surface area contributed by atoms with Crippen LogP contribution in [0.2, 0.25) is 0 Å². The molecule has 10 heteroatoms. The minimum absolute atomic E-state index is 0.0659. The lowest BCUT2D eigenvalue weighted by Gasteiger charge is -2.19. The predicted molar refractivity (Wildman–Crippen MR) is 131 cm³/mol. The van der Waals surface area contributed by atoms with Crippen LogP contribution in [0.15, 0.2) is 18.3 Å². The minimum atomic E-state index is -3.14. The molecule has 1 aromatic heterocycles. The molecule has 9 nitrogen and oxygen atoms in total. The molecule has 0 aliphatic carbocycles. The maximum absolute atomic E-state index is 12.5. The van der Waals surface area contributed by atoms with Crippen LogP contribution in [0.1, 0.15) is 68.8 Å². The highest BCUT2D eigenvalue weighted by atomic mass is 32.2. The molecule has 0 bridgehead atoms. The topological polar surface area (TPSA) is 128 Å². The van der Waals surface area contributed by atoms with E-state index < -0.39 is 21.6 Å². The molecule has 2 aromatic rings. The zero-order chi connectivity index (χ0) is 25.5. The van der Waals surface area contributed by atoms with Gasteiger partial charge in [-0.25, -0.2) is 8.42 Å². The summed E-state index contributed by atoms with van der Waals surface area (Å²) in [5.74, 6) is -1.96. The largest absolute Gasteiger partial charge is 0.434 e. The van der Waals surface area contributed by atoms with Crippen molar-refractivity contribution in [1.82, 2.24) is 15.1 Å². The second kappa shape index (κ2) is 11.8. The van der Waals surface area contributed by atoms with Gasteiger partial charge in [-0.2, -0.15) is 5.10 Å². The van der Waals surface area contributed by atoms with Crippen molar-refractivity contribution in [3.05, 3.63) is 29.5 Å². The Balaban J connectivity index is 2.04. The van der Waals surface area contributed by atoms with Crippen LogP contribution >= 0.6 is 0 Å². The number of esters is 1. The van der Waals surface area contributed by atoms with E-state index in [0.717, 1.165) is 42.0 Å². The number of carbonyl (C=O) groups excluding carboxylic acids is 2. The van der Waals surface area contributed by atoms with Crippen molar-refractivity contribution in [1.29, 1.82) is 0 Å². The molecule has 0 aliphatic heterocycles. The number of hydrogen-bond donors (Lipinski definition) is 2. The van der Waals surface area contributed by atoms with E-state index in [9.17, 15) is 23.1 Å². The van der Waals surface area contributed by atoms with E-state index in [0.29, 0.717) is 24.4 Å². The van der Waals surface area contributed by atoms with Gasteiger partial charge < -0.3 is 15.2 Å². The van der Waals surface area contributed by atoms with E-state index in [-0.39, 0.29) is 24.6 Å². The summed E-state index contributed by atoms with van der Waals surface area (Å²) in [6.07, 6.45) is 6.82. The Labute approximate surface area is 201 Å². The molecule has 2 N–H and O–H groups in total. The third kappa shape index (κ3) is 9.06. The number of nitrogens with zero attached hydrogens (tertiary/aromatic N) is 2. The molecule has 0 fully saturated rings. The number of aliphatic hydroxyl groups is 1. The van der Waals surface area contributed by atoms with Crippen LogP contribution in [0.4, 0.5) is 0 Å². The summed E-state index contributed by atoms with van der Waals surface area (Å²) in [7, 11) is -3.14. The third-order valence-corrected chi connectivity index (χ3v) is 6.45. The molecule has 1 unspecified atom stereocenters. The van der Waals surface area contributed by atoms with Crippen LogP contribution < -0.4 is 5.32 Å². The van der Waals surface area contributed by atoms with Gasteiger partial charge in [0.05, 0.1) is 11.3 Å². The second-order valence-corrected chi connectivity index (χ2v) is 11.6. The Bertz CT molecular complexity index is 1100. The average molecular weight is 496 g/mol. The third-order valence-electron chi connectivity index (χ3n) is 5.51. The van der Waals surface area contributed by atoms with Gasteiger partial charge in [0.25, 0.3) is 5.91 Å². The van der Waals surface area contributed by atoms with Crippen LogP contribution in [0, 0.1) is 12.8 Å². The molecule has 0 radical (unpaired) electrons. The van der Waals surface area contributed by atoms with Gasteiger partial charge in [-0.3, -0.25) is 14.3 Å². The number of rotatable bonds is 13. The number of benzene rings is 1. The molecule has 0 saturated heterocycles. The summed E-state index contributed by atoms with van der Waals surface area (Å²) in [5, 5.41) is 17.8. The van der Waals surface area contributed by atoms with Crippen LogP contribution in [0.5, 0.6) is 0 Å². The lowest BCUT2D eigenvalue weighted by atomic mass is 9.97. The molecule has 1 aromatic carbocycles. The maximum Gasteiger partial charge on any atom is 0.308 e. The van der Waals surface area contributed by atoms with Gasteiger partial charge in [-0.1, -0.05) is 13.3 Å². The molecule has 1 atom stereocenters. The van der Waals surface area contributed by atoms with Crippen molar-refractivity contribution < 1.29 is 27.9 Å². The fraction of sp³-hybridized carbons (Fsp3) is 0.625. The Hall–Kier alpha value is -2.46. The van der Waals surface area contributed by atoms with Crippen molar-refractivity contribution in [2.24, 2.45) is 5.92 Å². The highest BCUT2D eigenvalue weighted by Crippen LogP contribution is 2.23. The fourth-order valence-electron chi connectivity index (χ4n) is 3.93. The first-order chi connectivity index (χ1) is 15.8. The molecule has 1 heterocycles. The standard InChI is InChI=1S/C24H37N3O6S/c1-6-8-18(9-7-10-22(28)33-24(3,4)30)15-27-16-20-17(2)19(11-12-21(20)26-27)23(29)25-13-14-34(5,31)32/h11-12,16,18,30H,6-10,13-15H2,1-5H3,(H,25,29). The van der Waals surface area contributed by atoms with Crippen molar-refractivity contribution in [2.45, 2.75) is 72.1 Å². The zero-order valence-electron chi connectivity index (χ0n) is 20.8. The summed E-state index contributed by atoms with van der Waals surface area (Å²) < 4.78 is 29.4. The quantitative estimate of drug-likeness (QED) is 0.323. The monoisotopic (exact) mass is 495 g/mol. The van der Waals surface area contributed by atoms with Gasteiger partial charge in [0.15, 0.2) is 0 Å². The molecule has 34 heavy (non-hydrogen) atoms. The van der Waals surface area contributed by atoms with Gasteiger partial charge >= 0.3 is 5.97 Å². The van der Waals surface area contributed by atoms with Gasteiger partial charge in [0, 0.05) is 56.8 Å². The van der Waals surface area contributed by atoms with Gasteiger partial charge in [0.2, 0.25) is 5.79 Å². The summed E-state index contributed by atoms with van der Waals surface area (Å²) in [4.78, 5) is 24.4. The molecule has 2 rings (SSSR count). The molecule has 0 aliphatic rings. The SMILES string of the molecule is CCCC(CCCC(=O)OC(C)(C)O)Cn1cc2c(C)c(C(=O)NCCS(C)(=O)=O)ccc2n1. The van der Waals surface area contributed by atoms with Gasteiger partial charge in [0.1, 0.15) is 9.84 Å². The number of fused-ring (bicyclic) bond motifs is 1. The predicted octanol–water partition coefficient (Wildman–Crippen LogP) is 2.98. The molecule has 0 spiro atoms. The normalized spacial score (nSPS) is 13.1. The van der Waals surface area contributed by atoms with Crippen molar-refractivity contribution in [3.63, 3.8) is 0 Å². The van der Waals surface area contributed by atoms with Crippen LogP contribution in [0.25, 0.3) is 10.9 Å². The number of sulfone groups is 1. The van der Waals surface area contributed by atoms with E-state index >= 15 is 0 Å². The second-order valence-electron chi connectivity index (χ2n) is 9.38. The first kappa shape index (κ1) is 27.8. The number of aryl methyl sites for hydroxylation is 1. The highest BCUT2D eigenvalue weighted by Gasteiger charge is 2.19. The van der Waals surface area contributed by atoms with E-state index in [1.807, 2.05) is 17.8 Å². The van der Waals surface area contributed by atoms with Crippen LogP contribution in [-0.2, 0) is 25.9 Å². The number of carbonyl (C=O) groups is 2. The Morgan fingerprint density at radius 2 is 1.97 bits per heavy atom. The van der Waals surface area contributed by atoms with E-state index in [2.05, 4.69) is 17.3 Å².